The molecule has 4 nitrogen and oxygen atoms in total. The molecular weight excluding hydrogens is 214 g/mol. The molecule has 1 heterocycles. The molecule has 4 heteroatoms. The van der Waals surface area contributed by atoms with Crippen molar-refractivity contribution < 1.29 is 4.74 Å². The summed E-state index contributed by atoms with van der Waals surface area (Å²) in [5.41, 5.74) is 8.04. The number of nitrogens with two attached hydrogens (primary N) is 1. The molecule has 1 aliphatic rings. The summed E-state index contributed by atoms with van der Waals surface area (Å²) in [7, 11) is 0. The molecule has 3 N–H and O–H groups in total. The number of nitrogens with zero attached hydrogens (tertiary/aromatic N) is 1. The Hall–Kier alpha value is -1.81. The molecule has 2 rings (SSSR count). The summed E-state index contributed by atoms with van der Waals surface area (Å²) in [6.45, 7) is 2.66. The van der Waals surface area contributed by atoms with Crippen LogP contribution in [0.2, 0.25) is 0 Å². The minimum absolute atomic E-state index is 0.383. The Morgan fingerprint density at radius 2 is 2.00 bits per heavy atom. The largest absolute Gasteiger partial charge is 0.384 e. The van der Waals surface area contributed by atoms with Gasteiger partial charge in [0, 0.05) is 6.20 Å². The molecule has 90 valence electrons. The first-order valence-corrected chi connectivity index (χ1v) is 5.73. The number of benzene rings is 1. The maximum atomic E-state index is 5.58. The second-order valence-electron chi connectivity index (χ2n) is 3.89. The zero-order chi connectivity index (χ0) is 12.1. The van der Waals surface area contributed by atoms with Crippen LogP contribution in [0.1, 0.15) is 18.1 Å². The molecule has 0 aromatic heterocycles. The van der Waals surface area contributed by atoms with Gasteiger partial charge >= 0.3 is 0 Å². The van der Waals surface area contributed by atoms with Crippen LogP contribution in [0.15, 0.2) is 41.5 Å². The number of ether oxygens (including phenoxy) is 1. The van der Waals surface area contributed by atoms with E-state index in [1.807, 2.05) is 0 Å². The van der Waals surface area contributed by atoms with Crippen LogP contribution in [0.5, 0.6) is 0 Å². The zero-order valence-corrected chi connectivity index (χ0v) is 9.89. The number of hydrogen-bond donors (Lipinski definition) is 2. The van der Waals surface area contributed by atoms with Gasteiger partial charge in [0.2, 0.25) is 6.35 Å². The van der Waals surface area contributed by atoms with Crippen LogP contribution >= 0.6 is 0 Å². The molecule has 1 aliphatic heterocycles. The van der Waals surface area contributed by atoms with Gasteiger partial charge in [-0.25, -0.2) is 4.99 Å². The molecular formula is C13H17N3O. The van der Waals surface area contributed by atoms with E-state index >= 15 is 0 Å². The quantitative estimate of drug-likeness (QED) is 0.826. The highest BCUT2D eigenvalue weighted by molar-refractivity contribution is 5.91. The van der Waals surface area contributed by atoms with E-state index in [0.29, 0.717) is 12.4 Å². The molecule has 17 heavy (non-hydrogen) atoms. The van der Waals surface area contributed by atoms with Crippen molar-refractivity contribution in [3.8, 4) is 0 Å². The summed E-state index contributed by atoms with van der Waals surface area (Å²) in [5, 5.41) is 2.97. The van der Waals surface area contributed by atoms with Gasteiger partial charge in [-0.2, -0.15) is 0 Å². The highest BCUT2D eigenvalue weighted by Gasteiger charge is 2.08. The van der Waals surface area contributed by atoms with Crippen LogP contribution in [0.25, 0.3) is 0 Å². The maximum absolute atomic E-state index is 5.58. The molecule has 1 unspecified atom stereocenters. The van der Waals surface area contributed by atoms with Crippen molar-refractivity contribution >= 4 is 5.84 Å². The predicted molar refractivity (Wildman–Crippen MR) is 68.3 cm³/mol. The summed E-state index contributed by atoms with van der Waals surface area (Å²) >= 11 is 0. The maximum Gasteiger partial charge on any atom is 0.227 e. The molecule has 1 aromatic rings. The molecule has 0 fully saturated rings. The number of rotatable bonds is 4. The van der Waals surface area contributed by atoms with Gasteiger partial charge in [-0.1, -0.05) is 31.2 Å². The highest BCUT2D eigenvalue weighted by atomic mass is 16.5. The topological polar surface area (TPSA) is 59.6 Å². The Balaban J connectivity index is 1.87. The second kappa shape index (κ2) is 5.50. The summed E-state index contributed by atoms with van der Waals surface area (Å²) in [6.07, 6.45) is 4.12. The van der Waals surface area contributed by atoms with Gasteiger partial charge in [0.1, 0.15) is 5.84 Å². The van der Waals surface area contributed by atoms with Crippen LogP contribution in [0.4, 0.5) is 0 Å². The molecule has 0 bridgehead atoms. The second-order valence-corrected chi connectivity index (χ2v) is 3.89. The van der Waals surface area contributed by atoms with Gasteiger partial charge in [0.25, 0.3) is 0 Å². The Morgan fingerprint density at radius 1 is 1.29 bits per heavy atom. The number of hydrogen-bond acceptors (Lipinski definition) is 4. The number of nitrogens with one attached hydrogen (secondary N) is 1. The summed E-state index contributed by atoms with van der Waals surface area (Å²) < 4.78 is 5.58. The third kappa shape index (κ3) is 3.32. The van der Waals surface area contributed by atoms with E-state index in [9.17, 15) is 0 Å². The van der Waals surface area contributed by atoms with Gasteiger partial charge < -0.3 is 15.8 Å². The van der Waals surface area contributed by atoms with Crippen molar-refractivity contribution in [2.75, 3.05) is 0 Å². The fourth-order valence-corrected chi connectivity index (χ4v) is 1.56. The third-order valence-electron chi connectivity index (χ3n) is 2.60. The van der Waals surface area contributed by atoms with E-state index < -0.39 is 0 Å². The van der Waals surface area contributed by atoms with E-state index in [4.69, 9.17) is 10.5 Å². The summed E-state index contributed by atoms with van der Waals surface area (Å²) in [6, 6.07) is 8.38. The smallest absolute Gasteiger partial charge is 0.227 e. The lowest BCUT2D eigenvalue weighted by Gasteiger charge is -2.17. The molecule has 1 aromatic carbocycles. The van der Waals surface area contributed by atoms with Crippen LogP contribution in [0.3, 0.4) is 0 Å². The van der Waals surface area contributed by atoms with E-state index in [0.717, 1.165) is 12.0 Å². The van der Waals surface area contributed by atoms with E-state index in [-0.39, 0.29) is 6.35 Å². The van der Waals surface area contributed by atoms with Crippen molar-refractivity contribution in [1.82, 2.24) is 5.32 Å². The number of amidine groups is 1. The van der Waals surface area contributed by atoms with E-state index in [1.54, 1.807) is 12.3 Å². The minimum atomic E-state index is -0.383. The summed E-state index contributed by atoms with van der Waals surface area (Å²) in [5.74, 6) is 0.482. The van der Waals surface area contributed by atoms with Crippen molar-refractivity contribution in [2.24, 2.45) is 10.7 Å². The fraction of sp³-hybridized carbons (Fsp3) is 0.308. The van der Waals surface area contributed by atoms with Crippen LogP contribution < -0.4 is 11.1 Å². The first-order chi connectivity index (χ1) is 8.28. The monoisotopic (exact) mass is 231 g/mol. The van der Waals surface area contributed by atoms with Crippen LogP contribution in [0, 0.1) is 0 Å². The van der Waals surface area contributed by atoms with E-state index in [2.05, 4.69) is 41.5 Å². The number of aliphatic imine (C=N–C) groups is 1. The molecule has 0 spiro atoms. The lowest BCUT2D eigenvalue weighted by Crippen LogP contribution is -2.31. The first-order valence-electron chi connectivity index (χ1n) is 5.73. The first kappa shape index (κ1) is 11.7. The highest BCUT2D eigenvalue weighted by Crippen LogP contribution is 2.08. The standard InChI is InChI=1S/C13H17N3O/c1-2-10-3-5-11(6-4-10)9-17-13-15-8-7-12(14)16-13/h3-8,13,15H,2,9H2,1H3,(H2,14,16). The third-order valence-corrected chi connectivity index (χ3v) is 2.60. The van der Waals surface area contributed by atoms with E-state index in [1.165, 1.54) is 5.56 Å². The zero-order valence-electron chi connectivity index (χ0n) is 9.89. The Bertz CT molecular complexity index is 423. The van der Waals surface area contributed by atoms with Crippen molar-refractivity contribution in [1.29, 1.82) is 0 Å². The van der Waals surface area contributed by atoms with Gasteiger partial charge in [-0.3, -0.25) is 0 Å². The van der Waals surface area contributed by atoms with Gasteiger partial charge in [-0.05, 0) is 23.6 Å². The Labute approximate surface area is 101 Å². The van der Waals surface area contributed by atoms with Gasteiger partial charge in [0.05, 0.1) is 6.61 Å². The van der Waals surface area contributed by atoms with Gasteiger partial charge in [-0.15, -0.1) is 0 Å². The molecule has 0 saturated heterocycles. The molecule has 0 radical (unpaired) electrons. The van der Waals surface area contributed by atoms with Crippen molar-refractivity contribution in [2.45, 2.75) is 26.3 Å². The fourth-order valence-electron chi connectivity index (χ4n) is 1.56. The normalized spacial score (nSPS) is 18.6. The van der Waals surface area contributed by atoms with Crippen LogP contribution in [-0.2, 0) is 17.8 Å². The average molecular weight is 231 g/mol. The molecule has 0 aliphatic carbocycles. The Kier molecular flexibility index (Phi) is 3.77. The molecule has 0 amide bonds. The lowest BCUT2D eigenvalue weighted by atomic mass is 10.1. The summed E-state index contributed by atoms with van der Waals surface area (Å²) in [4.78, 5) is 4.11. The molecule has 1 atom stereocenters. The average Bonchev–Trinajstić information content (AvgIpc) is 2.37. The van der Waals surface area contributed by atoms with Crippen molar-refractivity contribution in [3.05, 3.63) is 47.7 Å². The molecule has 0 saturated carbocycles. The lowest BCUT2D eigenvalue weighted by molar-refractivity contribution is 0.0322. The van der Waals surface area contributed by atoms with Gasteiger partial charge in [0.15, 0.2) is 0 Å². The predicted octanol–water partition coefficient (Wildman–Crippen LogP) is 1.52. The number of aryl methyl sites for hydroxylation is 1. The minimum Gasteiger partial charge on any atom is -0.384 e. The van der Waals surface area contributed by atoms with Crippen molar-refractivity contribution in [3.63, 3.8) is 0 Å². The Morgan fingerprint density at radius 3 is 2.65 bits per heavy atom. The SMILES string of the molecule is CCc1ccc(COC2N=C(N)C=CN2)cc1. The van der Waals surface area contributed by atoms with Crippen LogP contribution in [-0.4, -0.2) is 12.2 Å².